The molecule has 0 spiro atoms. The second kappa shape index (κ2) is 16.3. The van der Waals surface area contributed by atoms with E-state index in [-0.39, 0.29) is 37.8 Å². The zero-order valence-corrected chi connectivity index (χ0v) is 22.8. The fourth-order valence-electron chi connectivity index (χ4n) is 3.01. The van der Waals surface area contributed by atoms with Gasteiger partial charge < -0.3 is 20.1 Å². The lowest BCUT2D eigenvalue weighted by molar-refractivity contribution is -0.141. The highest BCUT2D eigenvalue weighted by molar-refractivity contribution is 5.87. The van der Waals surface area contributed by atoms with Crippen molar-refractivity contribution in [2.45, 2.75) is 0 Å². The predicted octanol–water partition coefficient (Wildman–Crippen LogP) is -0.474. The molecule has 0 fully saturated rings. The van der Waals surface area contributed by atoms with Crippen LogP contribution in [-0.4, -0.2) is 96.5 Å². The van der Waals surface area contributed by atoms with Gasteiger partial charge in [-0.1, -0.05) is 12.1 Å². The van der Waals surface area contributed by atoms with Crippen molar-refractivity contribution in [3.63, 3.8) is 0 Å². The number of nitrogens with zero attached hydrogens (tertiary/aromatic N) is 8. The van der Waals surface area contributed by atoms with Crippen LogP contribution in [0.1, 0.15) is 11.4 Å². The number of pyridine rings is 2. The summed E-state index contributed by atoms with van der Waals surface area (Å²) in [7, 11) is 2.41. The number of rotatable bonds is 14. The lowest BCUT2D eigenvalue weighted by Gasteiger charge is -2.21. The summed E-state index contributed by atoms with van der Waals surface area (Å²) in [6.45, 7) is -1.35. The van der Waals surface area contributed by atoms with E-state index in [1.54, 1.807) is 48.8 Å². The van der Waals surface area contributed by atoms with E-state index in [1.807, 2.05) is 0 Å². The number of anilines is 2. The van der Waals surface area contributed by atoms with Crippen molar-refractivity contribution in [3.8, 4) is 0 Å². The first-order valence-electron chi connectivity index (χ1n) is 12.3. The second-order valence-electron chi connectivity index (χ2n) is 8.05. The molecule has 0 aliphatic heterocycles. The lowest BCUT2D eigenvalue weighted by Crippen LogP contribution is -2.39. The molecule has 0 radical (unpaired) electrons. The minimum atomic E-state index is -0.622. The van der Waals surface area contributed by atoms with E-state index in [0.29, 0.717) is 11.4 Å². The molecule has 0 atom stereocenters. The Balaban J connectivity index is 1.90. The van der Waals surface area contributed by atoms with Crippen LogP contribution < -0.4 is 20.7 Å². The molecule has 3 aromatic rings. The minimum Gasteiger partial charge on any atom is -0.468 e. The average Bonchev–Trinajstić information content (AvgIpc) is 3.03. The third-order valence-electron chi connectivity index (χ3n) is 5.10. The highest BCUT2D eigenvalue weighted by Gasteiger charge is 2.18. The number of methoxy groups -OCH3 is 2. The highest BCUT2D eigenvalue weighted by Crippen LogP contribution is 2.18. The van der Waals surface area contributed by atoms with Gasteiger partial charge in [0.15, 0.2) is 11.6 Å². The Bertz CT molecular complexity index is 1300. The van der Waals surface area contributed by atoms with Crippen LogP contribution in [0.15, 0.2) is 71.4 Å². The molecule has 218 valence electrons. The molecule has 16 nitrogen and oxygen atoms in total. The molecule has 0 saturated heterocycles. The number of ether oxygens (including phenoxy) is 2. The van der Waals surface area contributed by atoms with Crippen molar-refractivity contribution >= 4 is 47.8 Å². The SMILES string of the molecule is COC(=O)CNC(=O)CN(/N=C/c1ccccn1)c1cc(N(CC(=O)NCC(=O)OC)/N=C/c2ccccn2)ncn1. The number of esters is 2. The molecule has 3 aromatic heterocycles. The van der Waals surface area contributed by atoms with Crippen LogP contribution in [0.25, 0.3) is 0 Å². The van der Waals surface area contributed by atoms with E-state index >= 15 is 0 Å². The van der Waals surface area contributed by atoms with E-state index in [2.05, 4.69) is 50.2 Å². The summed E-state index contributed by atoms with van der Waals surface area (Å²) in [5, 5.41) is 16.1. The van der Waals surface area contributed by atoms with Crippen LogP contribution in [0, 0.1) is 0 Å². The van der Waals surface area contributed by atoms with E-state index in [1.165, 1.54) is 49.1 Å². The number of hydrogen-bond donors (Lipinski definition) is 2. The fraction of sp³-hybridized carbons (Fsp3) is 0.231. The first kappa shape index (κ1) is 30.7. The molecule has 0 unspecified atom stereocenters. The van der Waals surface area contributed by atoms with Crippen LogP contribution in [-0.2, 0) is 28.7 Å². The number of carbonyl (C=O) groups excluding carboxylic acids is 4. The van der Waals surface area contributed by atoms with Crippen LogP contribution >= 0.6 is 0 Å². The average molecular weight is 577 g/mol. The third kappa shape index (κ3) is 10.4. The molecule has 42 heavy (non-hydrogen) atoms. The summed E-state index contributed by atoms with van der Waals surface area (Å²) in [4.78, 5) is 65.0. The molecule has 3 rings (SSSR count). The highest BCUT2D eigenvalue weighted by atomic mass is 16.5. The summed E-state index contributed by atoms with van der Waals surface area (Å²) >= 11 is 0. The van der Waals surface area contributed by atoms with Crippen molar-refractivity contribution in [1.82, 2.24) is 30.6 Å². The third-order valence-corrected chi connectivity index (χ3v) is 5.10. The van der Waals surface area contributed by atoms with Gasteiger partial charge in [0.1, 0.15) is 32.5 Å². The second-order valence-corrected chi connectivity index (χ2v) is 8.05. The van der Waals surface area contributed by atoms with Gasteiger partial charge in [0.25, 0.3) is 0 Å². The van der Waals surface area contributed by atoms with Crippen molar-refractivity contribution in [1.29, 1.82) is 0 Å². The van der Waals surface area contributed by atoms with Crippen molar-refractivity contribution < 1.29 is 28.7 Å². The van der Waals surface area contributed by atoms with Crippen molar-refractivity contribution in [3.05, 3.63) is 72.6 Å². The topological polar surface area (TPSA) is 194 Å². The van der Waals surface area contributed by atoms with Gasteiger partial charge in [0.2, 0.25) is 11.8 Å². The normalized spacial score (nSPS) is 10.7. The first-order valence-corrected chi connectivity index (χ1v) is 12.3. The number of carbonyl (C=O) groups is 4. The summed E-state index contributed by atoms with van der Waals surface area (Å²) in [5.74, 6) is -2.02. The quantitative estimate of drug-likeness (QED) is 0.142. The van der Waals surface area contributed by atoms with Gasteiger partial charge in [-0.05, 0) is 24.3 Å². The zero-order chi connectivity index (χ0) is 30.2. The smallest absolute Gasteiger partial charge is 0.325 e. The molecule has 0 saturated carbocycles. The Morgan fingerprint density at radius 1 is 0.738 bits per heavy atom. The van der Waals surface area contributed by atoms with E-state index < -0.39 is 23.8 Å². The number of nitrogens with one attached hydrogen (secondary N) is 2. The largest absolute Gasteiger partial charge is 0.468 e. The molecule has 2 amide bonds. The summed E-state index contributed by atoms with van der Waals surface area (Å²) in [6, 6.07) is 11.9. The van der Waals surface area contributed by atoms with Gasteiger partial charge in [-0.3, -0.25) is 29.1 Å². The number of amides is 2. The van der Waals surface area contributed by atoms with Gasteiger partial charge in [-0.2, -0.15) is 10.2 Å². The molecule has 0 aliphatic rings. The standard InChI is InChI=1S/C26H28N10O6/c1-41-25(39)14-29-23(37)16-35(33-12-19-7-3-5-9-27-19)21-11-22(32-18-31-21)36(17-24(38)30-15-26(40)42-2)34-13-20-8-4-6-10-28-20/h3-13,18H,14-17H2,1-2H3,(H,29,37)(H,30,38)/b33-12+,34-13+. The monoisotopic (exact) mass is 576 g/mol. The van der Waals surface area contributed by atoms with E-state index in [4.69, 9.17) is 0 Å². The maximum Gasteiger partial charge on any atom is 0.325 e. The van der Waals surface area contributed by atoms with Gasteiger partial charge in [0, 0.05) is 18.5 Å². The number of aromatic nitrogens is 4. The summed E-state index contributed by atoms with van der Waals surface area (Å²) < 4.78 is 9.11. The fourth-order valence-corrected chi connectivity index (χ4v) is 3.01. The van der Waals surface area contributed by atoms with Crippen molar-refractivity contribution in [2.24, 2.45) is 10.2 Å². The van der Waals surface area contributed by atoms with Gasteiger partial charge in [-0.15, -0.1) is 0 Å². The van der Waals surface area contributed by atoms with Crippen LogP contribution in [0.4, 0.5) is 11.6 Å². The summed E-state index contributed by atoms with van der Waals surface area (Å²) in [6.07, 6.45) is 7.22. The minimum absolute atomic E-state index is 0.161. The van der Waals surface area contributed by atoms with Crippen molar-refractivity contribution in [2.75, 3.05) is 50.4 Å². The number of hydrazone groups is 2. The maximum atomic E-state index is 12.6. The Hall–Kier alpha value is -5.80. The molecule has 0 aromatic carbocycles. The molecule has 3 heterocycles. The van der Waals surface area contributed by atoms with Crippen LogP contribution in [0.2, 0.25) is 0 Å². The van der Waals surface area contributed by atoms with E-state index in [0.717, 1.165) is 0 Å². The lowest BCUT2D eigenvalue weighted by atomic mass is 10.4. The molecular formula is C26H28N10O6. The molecule has 16 heteroatoms. The first-order chi connectivity index (χ1) is 20.4. The Labute approximate surface area is 240 Å². The zero-order valence-electron chi connectivity index (χ0n) is 22.8. The van der Waals surface area contributed by atoms with Crippen LogP contribution in [0.5, 0.6) is 0 Å². The number of hydrogen-bond acceptors (Lipinski definition) is 14. The van der Waals surface area contributed by atoms with E-state index in [9.17, 15) is 19.2 Å². The maximum absolute atomic E-state index is 12.6. The Morgan fingerprint density at radius 3 is 1.57 bits per heavy atom. The predicted molar refractivity (Wildman–Crippen MR) is 150 cm³/mol. The van der Waals surface area contributed by atoms with Gasteiger partial charge >= 0.3 is 11.9 Å². The molecule has 2 N–H and O–H groups in total. The molecular weight excluding hydrogens is 548 g/mol. The molecule has 0 aliphatic carbocycles. The molecule has 0 bridgehead atoms. The van der Waals surface area contributed by atoms with Gasteiger partial charge in [-0.25, -0.2) is 20.0 Å². The summed E-state index contributed by atoms with van der Waals surface area (Å²) in [5.41, 5.74) is 1.02. The van der Waals surface area contributed by atoms with Gasteiger partial charge in [0.05, 0.1) is 38.0 Å². The Kier molecular flexibility index (Phi) is 12.0. The Morgan fingerprint density at radius 2 is 1.19 bits per heavy atom. The van der Waals surface area contributed by atoms with Crippen LogP contribution in [0.3, 0.4) is 0 Å².